The first-order valence-electron chi connectivity index (χ1n) is 9.55. The van der Waals surface area contributed by atoms with Gasteiger partial charge < -0.3 is 14.6 Å². The zero-order chi connectivity index (χ0) is 23.1. The second-order valence-electron chi connectivity index (χ2n) is 7.74. The summed E-state index contributed by atoms with van der Waals surface area (Å²) in [5.41, 5.74) is 0.320. The van der Waals surface area contributed by atoms with Gasteiger partial charge in [-0.05, 0) is 57.4 Å². The fourth-order valence-corrected chi connectivity index (χ4v) is 4.54. The van der Waals surface area contributed by atoms with E-state index in [1.165, 1.54) is 20.1 Å². The summed E-state index contributed by atoms with van der Waals surface area (Å²) in [6.07, 6.45) is -4.43. The lowest BCUT2D eigenvalue weighted by atomic mass is 9.97. The number of methoxy groups -OCH3 is 1. The Morgan fingerprint density at radius 1 is 1.13 bits per heavy atom. The molecule has 0 aliphatic rings. The Morgan fingerprint density at radius 3 is 2.39 bits per heavy atom. The quantitative estimate of drug-likeness (QED) is 0.544. The lowest BCUT2D eigenvalue weighted by molar-refractivity contribution is -0.138. The average molecular weight is 452 g/mol. The minimum absolute atomic E-state index is 0.150. The van der Waals surface area contributed by atoms with Crippen LogP contribution in [0.5, 0.6) is 5.88 Å². The van der Waals surface area contributed by atoms with Gasteiger partial charge in [-0.25, -0.2) is 9.97 Å². The molecule has 0 bridgehead atoms. The maximum absolute atomic E-state index is 13.3. The van der Waals surface area contributed by atoms with Crippen LogP contribution in [0.1, 0.15) is 35.5 Å². The molecule has 0 amide bonds. The molecule has 31 heavy (non-hydrogen) atoms. The molecule has 0 unspecified atom stereocenters. The number of hydrogen-bond donors (Lipinski definition) is 1. The summed E-state index contributed by atoms with van der Waals surface area (Å²) in [4.78, 5) is 13.2. The summed E-state index contributed by atoms with van der Waals surface area (Å²) >= 11 is 0. The molecular formula is C21H24F3N4O2P. The molecule has 1 aromatic carbocycles. The molecule has 0 saturated carbocycles. The summed E-state index contributed by atoms with van der Waals surface area (Å²) < 4.78 is 58.0. The van der Waals surface area contributed by atoms with Crippen LogP contribution in [-0.4, -0.2) is 35.4 Å². The van der Waals surface area contributed by atoms with E-state index in [0.717, 1.165) is 6.07 Å². The smallest absolute Gasteiger partial charge is 0.416 e. The van der Waals surface area contributed by atoms with E-state index in [4.69, 9.17) is 4.74 Å². The Balaban J connectivity index is 2.13. The van der Waals surface area contributed by atoms with Crippen LogP contribution < -0.4 is 15.4 Å². The highest BCUT2D eigenvalue weighted by Crippen LogP contribution is 2.40. The van der Waals surface area contributed by atoms with Crippen LogP contribution in [-0.2, 0) is 10.7 Å². The number of aryl methyl sites for hydroxylation is 1. The fourth-order valence-electron chi connectivity index (χ4n) is 3.50. The van der Waals surface area contributed by atoms with E-state index in [1.54, 1.807) is 39.3 Å². The SMILES string of the molecule is COc1nc2nc(C)nc(N[C@H](C)c3cccc(C(F)(F)F)c3C)c2cc1P(C)(C)=O. The summed E-state index contributed by atoms with van der Waals surface area (Å²) in [5, 5.41) is 4.15. The van der Waals surface area contributed by atoms with Crippen LogP contribution >= 0.6 is 7.14 Å². The standard InChI is InChI=1S/C21H24F3N4O2P/c1-11-14(8-7-9-16(11)21(22,23)24)12(2)25-18-15-10-17(31(5,6)29)20(30-4)28-19(15)27-13(3)26-18/h7-10,12H,1-6H3,(H,25,26,27,28)/t12-/m1/s1. The number of fused-ring (bicyclic) bond motifs is 1. The predicted octanol–water partition coefficient (Wildman–Crippen LogP) is 5.09. The van der Waals surface area contributed by atoms with E-state index < -0.39 is 24.9 Å². The number of alkyl halides is 3. The minimum atomic E-state index is -4.43. The van der Waals surface area contributed by atoms with Gasteiger partial charge in [0.2, 0.25) is 5.88 Å². The monoisotopic (exact) mass is 452 g/mol. The zero-order valence-corrected chi connectivity index (χ0v) is 19.0. The van der Waals surface area contributed by atoms with E-state index in [9.17, 15) is 17.7 Å². The zero-order valence-electron chi connectivity index (χ0n) is 18.1. The highest BCUT2D eigenvalue weighted by atomic mass is 31.2. The summed E-state index contributed by atoms with van der Waals surface area (Å²) in [6, 6.07) is 5.30. The molecule has 2 aromatic heterocycles. The first-order chi connectivity index (χ1) is 14.3. The van der Waals surface area contributed by atoms with Gasteiger partial charge in [-0.2, -0.15) is 18.2 Å². The van der Waals surface area contributed by atoms with Crippen molar-refractivity contribution in [2.24, 2.45) is 0 Å². The average Bonchev–Trinajstić information content (AvgIpc) is 2.65. The Kier molecular flexibility index (Phi) is 6.02. The van der Waals surface area contributed by atoms with Crippen molar-refractivity contribution in [2.75, 3.05) is 25.8 Å². The van der Waals surface area contributed by atoms with Crippen molar-refractivity contribution in [3.05, 3.63) is 46.8 Å². The number of hydrogen-bond acceptors (Lipinski definition) is 6. The number of anilines is 1. The molecule has 0 fully saturated rings. The maximum atomic E-state index is 13.3. The Hall–Kier alpha value is -2.67. The van der Waals surface area contributed by atoms with Crippen LogP contribution in [0.3, 0.4) is 0 Å². The normalized spacial score (nSPS) is 13.3. The molecule has 0 saturated heterocycles. The number of nitrogens with zero attached hydrogens (tertiary/aromatic N) is 3. The molecular weight excluding hydrogens is 428 g/mol. The van der Waals surface area contributed by atoms with Gasteiger partial charge in [0.05, 0.1) is 29.4 Å². The van der Waals surface area contributed by atoms with E-state index in [2.05, 4.69) is 20.3 Å². The molecule has 1 atom stereocenters. The highest BCUT2D eigenvalue weighted by molar-refractivity contribution is 7.70. The molecule has 6 nitrogen and oxygen atoms in total. The summed E-state index contributed by atoms with van der Waals surface area (Å²) in [5.74, 6) is 1.06. The lowest BCUT2D eigenvalue weighted by Crippen LogP contribution is -2.16. The van der Waals surface area contributed by atoms with Gasteiger partial charge in [-0.15, -0.1) is 0 Å². The van der Waals surface area contributed by atoms with Crippen molar-refractivity contribution in [3.63, 3.8) is 0 Å². The topological polar surface area (TPSA) is 77.0 Å². The molecule has 1 N–H and O–H groups in total. The van der Waals surface area contributed by atoms with Gasteiger partial charge in [0.1, 0.15) is 18.8 Å². The van der Waals surface area contributed by atoms with Gasteiger partial charge in [0.15, 0.2) is 5.65 Å². The highest BCUT2D eigenvalue weighted by Gasteiger charge is 2.33. The van der Waals surface area contributed by atoms with E-state index in [1.807, 2.05) is 0 Å². The number of benzene rings is 1. The van der Waals surface area contributed by atoms with Crippen LogP contribution in [0, 0.1) is 13.8 Å². The van der Waals surface area contributed by atoms with Gasteiger partial charge in [-0.3, -0.25) is 0 Å². The van der Waals surface area contributed by atoms with Crippen molar-refractivity contribution < 1.29 is 22.5 Å². The molecule has 166 valence electrons. The van der Waals surface area contributed by atoms with E-state index >= 15 is 0 Å². The predicted molar refractivity (Wildman–Crippen MR) is 116 cm³/mol. The van der Waals surface area contributed by atoms with Gasteiger partial charge in [0, 0.05) is 0 Å². The van der Waals surface area contributed by atoms with Crippen molar-refractivity contribution in [1.29, 1.82) is 0 Å². The second-order valence-corrected chi connectivity index (χ2v) is 10.9. The molecule has 3 rings (SSSR count). The number of pyridine rings is 1. The Labute approximate surface area is 178 Å². The first-order valence-corrected chi connectivity index (χ1v) is 12.1. The Bertz CT molecular complexity index is 1190. The Morgan fingerprint density at radius 2 is 1.81 bits per heavy atom. The van der Waals surface area contributed by atoms with Gasteiger partial charge in [0.25, 0.3) is 0 Å². The van der Waals surface area contributed by atoms with Gasteiger partial charge >= 0.3 is 6.18 Å². The molecule has 2 heterocycles. The third-order valence-corrected chi connectivity index (χ3v) is 6.50. The van der Waals surface area contributed by atoms with E-state index in [0.29, 0.717) is 33.5 Å². The van der Waals surface area contributed by atoms with Crippen LogP contribution in [0.25, 0.3) is 11.0 Å². The lowest BCUT2D eigenvalue weighted by Gasteiger charge is -2.21. The van der Waals surface area contributed by atoms with Crippen LogP contribution in [0.2, 0.25) is 0 Å². The maximum Gasteiger partial charge on any atom is 0.416 e. The van der Waals surface area contributed by atoms with Crippen molar-refractivity contribution in [1.82, 2.24) is 15.0 Å². The largest absolute Gasteiger partial charge is 0.480 e. The minimum Gasteiger partial charge on any atom is -0.480 e. The van der Waals surface area contributed by atoms with Crippen LogP contribution in [0.15, 0.2) is 24.3 Å². The first kappa shape index (κ1) is 23.0. The molecule has 0 radical (unpaired) electrons. The molecule has 0 spiro atoms. The van der Waals surface area contributed by atoms with Crippen LogP contribution in [0.4, 0.5) is 19.0 Å². The fraction of sp³-hybridized carbons (Fsp3) is 0.381. The van der Waals surface area contributed by atoms with Crippen molar-refractivity contribution >= 4 is 29.3 Å². The number of nitrogens with one attached hydrogen (secondary N) is 1. The number of ether oxygens (including phenoxy) is 1. The molecule has 3 aromatic rings. The molecule has 0 aliphatic heterocycles. The third-order valence-electron chi connectivity index (χ3n) is 5.02. The van der Waals surface area contributed by atoms with Gasteiger partial charge in [-0.1, -0.05) is 12.1 Å². The molecule has 10 heteroatoms. The number of aromatic nitrogens is 3. The number of rotatable bonds is 5. The number of halogens is 3. The van der Waals surface area contributed by atoms with E-state index in [-0.39, 0.29) is 11.4 Å². The summed E-state index contributed by atoms with van der Waals surface area (Å²) in [7, 11) is -1.29. The molecule has 0 aliphatic carbocycles. The van der Waals surface area contributed by atoms with Crippen molar-refractivity contribution in [3.8, 4) is 5.88 Å². The van der Waals surface area contributed by atoms with Crippen molar-refractivity contribution in [2.45, 2.75) is 33.0 Å². The second kappa shape index (κ2) is 8.11. The summed E-state index contributed by atoms with van der Waals surface area (Å²) in [6.45, 7) is 8.12. The third kappa shape index (κ3) is 4.66.